The molecule has 1 aliphatic rings. The quantitative estimate of drug-likeness (QED) is 0.489. The summed E-state index contributed by atoms with van der Waals surface area (Å²) in [6.45, 7) is 2.61. The maximum atomic E-state index is 12.3. The summed E-state index contributed by atoms with van der Waals surface area (Å²) >= 11 is 0. The highest BCUT2D eigenvalue weighted by molar-refractivity contribution is 5.97. The summed E-state index contributed by atoms with van der Waals surface area (Å²) in [6, 6.07) is 17.3. The number of carbonyl (C=O) groups excluding carboxylic acids is 2. The van der Waals surface area contributed by atoms with Crippen molar-refractivity contribution in [3.63, 3.8) is 0 Å². The van der Waals surface area contributed by atoms with Gasteiger partial charge in [0.15, 0.2) is 0 Å². The lowest BCUT2D eigenvalue weighted by Gasteiger charge is -2.17. The molecule has 0 spiro atoms. The van der Waals surface area contributed by atoms with Gasteiger partial charge in [-0.15, -0.1) is 0 Å². The standard InChI is InChI=1S/C25H27N5O3/c1-16(18-8-3-2-4-9-18)28-24-20(23(26)31)15-27-22(30-24)14-17-7-5-10-19(13-17)29-25(32)21-11-6-12-33-21/h2-5,7-10,13,15-16,21H,6,11-12,14H2,1H3,(H2,26,31)(H,29,32)(H,27,28,30)/t16-,21+/m1/s1. The fraction of sp³-hybridized carbons (Fsp3) is 0.280. The van der Waals surface area contributed by atoms with Gasteiger partial charge in [-0.2, -0.15) is 0 Å². The zero-order chi connectivity index (χ0) is 23.2. The van der Waals surface area contributed by atoms with Crippen molar-refractivity contribution >= 4 is 23.3 Å². The zero-order valence-electron chi connectivity index (χ0n) is 18.5. The number of nitrogens with zero attached hydrogens (tertiary/aromatic N) is 2. The molecule has 0 bridgehead atoms. The largest absolute Gasteiger partial charge is 0.368 e. The molecule has 2 aromatic carbocycles. The summed E-state index contributed by atoms with van der Waals surface area (Å²) in [5, 5.41) is 6.19. The van der Waals surface area contributed by atoms with Gasteiger partial charge in [0.25, 0.3) is 11.8 Å². The molecule has 2 atom stereocenters. The van der Waals surface area contributed by atoms with Crippen LogP contribution in [0, 0.1) is 0 Å². The highest BCUT2D eigenvalue weighted by Crippen LogP contribution is 2.22. The van der Waals surface area contributed by atoms with E-state index in [-0.39, 0.29) is 17.5 Å². The number of rotatable bonds is 8. The second kappa shape index (κ2) is 10.2. The van der Waals surface area contributed by atoms with E-state index >= 15 is 0 Å². The molecule has 1 saturated heterocycles. The molecule has 3 aromatic rings. The molecule has 1 aromatic heterocycles. The summed E-state index contributed by atoms with van der Waals surface area (Å²) in [7, 11) is 0. The highest BCUT2D eigenvalue weighted by Gasteiger charge is 2.23. The minimum Gasteiger partial charge on any atom is -0.368 e. The summed E-state index contributed by atoms with van der Waals surface area (Å²) in [4.78, 5) is 33.2. The molecule has 170 valence electrons. The summed E-state index contributed by atoms with van der Waals surface area (Å²) in [6.07, 6.45) is 3.13. The number of amides is 2. The van der Waals surface area contributed by atoms with Gasteiger partial charge in [0.2, 0.25) is 0 Å². The van der Waals surface area contributed by atoms with E-state index in [0.717, 1.165) is 24.0 Å². The van der Waals surface area contributed by atoms with E-state index < -0.39 is 12.0 Å². The van der Waals surface area contributed by atoms with Crippen LogP contribution in [-0.4, -0.2) is 34.5 Å². The van der Waals surface area contributed by atoms with Gasteiger partial charge in [0.1, 0.15) is 17.7 Å². The fourth-order valence-corrected chi connectivity index (χ4v) is 3.77. The third-order valence-electron chi connectivity index (χ3n) is 5.54. The van der Waals surface area contributed by atoms with E-state index in [1.165, 1.54) is 6.20 Å². The molecule has 2 heterocycles. The predicted octanol–water partition coefficient (Wildman–Crippen LogP) is 3.46. The Kier molecular flexibility index (Phi) is 6.95. The molecule has 0 aliphatic carbocycles. The van der Waals surface area contributed by atoms with Crippen LogP contribution in [0.2, 0.25) is 0 Å². The molecule has 8 nitrogen and oxygen atoms in total. The van der Waals surface area contributed by atoms with E-state index in [2.05, 4.69) is 20.6 Å². The second-order valence-electron chi connectivity index (χ2n) is 8.06. The monoisotopic (exact) mass is 445 g/mol. The Labute approximate surface area is 192 Å². The number of aromatic nitrogens is 2. The van der Waals surface area contributed by atoms with Gasteiger partial charge in [-0.3, -0.25) is 9.59 Å². The fourth-order valence-electron chi connectivity index (χ4n) is 3.77. The van der Waals surface area contributed by atoms with Crippen LogP contribution in [0.25, 0.3) is 0 Å². The Hall–Kier alpha value is -3.78. The molecule has 0 saturated carbocycles. The van der Waals surface area contributed by atoms with E-state index in [1.54, 1.807) is 0 Å². The first-order valence-electron chi connectivity index (χ1n) is 11.0. The molecule has 8 heteroatoms. The topological polar surface area (TPSA) is 119 Å². The Morgan fingerprint density at radius 3 is 2.73 bits per heavy atom. The van der Waals surface area contributed by atoms with Crippen molar-refractivity contribution in [3.8, 4) is 0 Å². The molecule has 4 rings (SSSR count). The lowest BCUT2D eigenvalue weighted by atomic mass is 10.1. The molecule has 0 radical (unpaired) electrons. The number of hydrogen-bond acceptors (Lipinski definition) is 6. The summed E-state index contributed by atoms with van der Waals surface area (Å²) in [5.74, 6) is 0.202. The number of nitrogens with two attached hydrogens (primary N) is 1. The number of hydrogen-bond donors (Lipinski definition) is 3. The van der Waals surface area contributed by atoms with Crippen LogP contribution in [0.15, 0.2) is 60.8 Å². The van der Waals surface area contributed by atoms with E-state index in [4.69, 9.17) is 10.5 Å². The predicted molar refractivity (Wildman–Crippen MR) is 126 cm³/mol. The first-order chi connectivity index (χ1) is 16.0. The van der Waals surface area contributed by atoms with Crippen molar-refractivity contribution in [2.75, 3.05) is 17.2 Å². The molecule has 4 N–H and O–H groups in total. The van der Waals surface area contributed by atoms with Crippen LogP contribution < -0.4 is 16.4 Å². The Balaban J connectivity index is 1.50. The number of anilines is 2. The molecule has 2 amide bonds. The Bertz CT molecular complexity index is 1130. The maximum Gasteiger partial charge on any atom is 0.254 e. The molecule has 0 unspecified atom stereocenters. The average Bonchev–Trinajstić information content (AvgIpc) is 3.35. The van der Waals surface area contributed by atoms with Crippen molar-refractivity contribution in [2.45, 2.75) is 38.3 Å². The minimum atomic E-state index is -0.594. The molecule has 33 heavy (non-hydrogen) atoms. The number of ether oxygens (including phenoxy) is 1. The summed E-state index contributed by atoms with van der Waals surface area (Å²) < 4.78 is 5.44. The van der Waals surface area contributed by atoms with Crippen molar-refractivity contribution in [1.82, 2.24) is 9.97 Å². The van der Waals surface area contributed by atoms with Gasteiger partial charge in [0, 0.05) is 31.0 Å². The van der Waals surface area contributed by atoms with Crippen LogP contribution in [-0.2, 0) is 16.0 Å². The van der Waals surface area contributed by atoms with Gasteiger partial charge in [-0.1, -0.05) is 42.5 Å². The second-order valence-corrected chi connectivity index (χ2v) is 8.06. The van der Waals surface area contributed by atoms with Gasteiger partial charge in [0.05, 0.1) is 5.56 Å². The molecule has 1 fully saturated rings. The average molecular weight is 446 g/mol. The van der Waals surface area contributed by atoms with Gasteiger partial charge >= 0.3 is 0 Å². The van der Waals surface area contributed by atoms with Crippen LogP contribution in [0.3, 0.4) is 0 Å². The zero-order valence-corrected chi connectivity index (χ0v) is 18.5. The van der Waals surface area contributed by atoms with E-state index in [0.29, 0.717) is 30.4 Å². The van der Waals surface area contributed by atoms with Crippen LogP contribution >= 0.6 is 0 Å². The highest BCUT2D eigenvalue weighted by atomic mass is 16.5. The first-order valence-corrected chi connectivity index (χ1v) is 11.0. The lowest BCUT2D eigenvalue weighted by molar-refractivity contribution is -0.124. The smallest absolute Gasteiger partial charge is 0.254 e. The number of primary amides is 1. The van der Waals surface area contributed by atoms with E-state index in [9.17, 15) is 9.59 Å². The van der Waals surface area contributed by atoms with Crippen LogP contribution in [0.1, 0.15) is 53.1 Å². The SMILES string of the molecule is C[C@@H](Nc1nc(Cc2cccc(NC(=O)[C@@H]3CCCO3)c2)ncc1C(N)=O)c1ccccc1. The molecule has 1 aliphatic heterocycles. The molecular formula is C25H27N5O3. The van der Waals surface area contributed by atoms with Gasteiger partial charge < -0.3 is 21.1 Å². The lowest BCUT2D eigenvalue weighted by Crippen LogP contribution is -2.26. The summed E-state index contributed by atoms with van der Waals surface area (Å²) in [5.41, 5.74) is 8.45. The van der Waals surface area contributed by atoms with Crippen molar-refractivity contribution in [2.24, 2.45) is 5.73 Å². The maximum absolute atomic E-state index is 12.3. The number of carbonyl (C=O) groups is 2. The number of benzene rings is 2. The third-order valence-corrected chi connectivity index (χ3v) is 5.54. The molecular weight excluding hydrogens is 418 g/mol. The van der Waals surface area contributed by atoms with Crippen LogP contribution in [0.5, 0.6) is 0 Å². The van der Waals surface area contributed by atoms with E-state index in [1.807, 2.05) is 61.5 Å². The van der Waals surface area contributed by atoms with Crippen molar-refractivity contribution in [3.05, 3.63) is 83.3 Å². The normalized spacial score (nSPS) is 16.2. The van der Waals surface area contributed by atoms with Crippen molar-refractivity contribution < 1.29 is 14.3 Å². The number of nitrogens with one attached hydrogen (secondary N) is 2. The third kappa shape index (κ3) is 5.72. The van der Waals surface area contributed by atoms with Gasteiger partial charge in [-0.05, 0) is 43.0 Å². The Morgan fingerprint density at radius 2 is 2.00 bits per heavy atom. The Morgan fingerprint density at radius 1 is 1.18 bits per heavy atom. The van der Waals surface area contributed by atoms with Gasteiger partial charge in [-0.25, -0.2) is 9.97 Å². The van der Waals surface area contributed by atoms with Crippen LogP contribution in [0.4, 0.5) is 11.5 Å². The first kappa shape index (κ1) is 22.4. The van der Waals surface area contributed by atoms with Crippen molar-refractivity contribution in [1.29, 1.82) is 0 Å². The minimum absolute atomic E-state index is 0.0802.